The van der Waals surface area contributed by atoms with Crippen LogP contribution < -0.4 is 9.46 Å². The number of benzene rings is 2. The third kappa shape index (κ3) is 3.75. The number of ether oxygens (including phenoxy) is 1. The van der Waals surface area contributed by atoms with E-state index in [1.54, 1.807) is 24.3 Å². The van der Waals surface area contributed by atoms with Gasteiger partial charge in [0.15, 0.2) is 11.5 Å². The Morgan fingerprint density at radius 1 is 1.25 bits per heavy atom. The van der Waals surface area contributed by atoms with Gasteiger partial charge in [-0.25, -0.2) is 13.1 Å². The number of hydrogen-bond acceptors (Lipinski definition) is 5. The molecule has 1 heterocycles. The van der Waals surface area contributed by atoms with Crippen molar-refractivity contribution in [2.45, 2.75) is 11.3 Å². The lowest BCUT2D eigenvalue weighted by Gasteiger charge is -2.04. The highest BCUT2D eigenvalue weighted by molar-refractivity contribution is 7.90. The fourth-order valence-corrected chi connectivity index (χ4v) is 3.31. The maximum absolute atomic E-state index is 11.1. The molecular formula is C17H17NO5S. The molecule has 0 atom stereocenters. The standard InChI is InChI=1S/C10H12O2.C7H5NO3S/c1-3-4-8-5-6-9(11)10(7-8)12-2;9-7-5-3-1-2-4-6(5)12(10,11)8-7/h3,5-7,11H,1,4H2,2H3;1-4H,(H,8,9). The zero-order valence-electron chi connectivity index (χ0n) is 13.0. The SMILES string of the molecule is C=CCc1ccc(O)c(OC)c1.O=C1NS(=O)(=O)c2ccccc21. The molecular weight excluding hydrogens is 330 g/mol. The molecule has 2 N–H and O–H groups in total. The largest absolute Gasteiger partial charge is 0.504 e. The Morgan fingerprint density at radius 2 is 1.96 bits per heavy atom. The summed E-state index contributed by atoms with van der Waals surface area (Å²) in [6, 6.07) is 11.4. The van der Waals surface area contributed by atoms with Gasteiger partial charge in [-0.2, -0.15) is 0 Å². The first kappa shape index (κ1) is 17.6. The number of methoxy groups -OCH3 is 1. The molecule has 6 nitrogen and oxygen atoms in total. The Bertz CT molecular complexity index is 874. The van der Waals surface area contributed by atoms with E-state index in [2.05, 4.69) is 6.58 Å². The predicted octanol–water partition coefficient (Wildman–Crippen LogP) is 2.25. The maximum atomic E-state index is 11.1. The second-order valence-corrected chi connectivity index (χ2v) is 6.58. The van der Waals surface area contributed by atoms with Crippen LogP contribution >= 0.6 is 0 Å². The van der Waals surface area contributed by atoms with Crippen molar-refractivity contribution < 1.29 is 23.1 Å². The minimum absolute atomic E-state index is 0.0648. The summed E-state index contributed by atoms with van der Waals surface area (Å²) in [5.41, 5.74) is 1.30. The third-order valence-corrected chi connectivity index (χ3v) is 4.66. The lowest BCUT2D eigenvalue weighted by molar-refractivity contribution is 0.0985. The van der Waals surface area contributed by atoms with E-state index in [1.807, 2.05) is 16.9 Å². The van der Waals surface area contributed by atoms with Gasteiger partial charge < -0.3 is 9.84 Å². The van der Waals surface area contributed by atoms with Crippen LogP contribution in [0.1, 0.15) is 15.9 Å². The van der Waals surface area contributed by atoms with E-state index < -0.39 is 15.9 Å². The molecule has 126 valence electrons. The van der Waals surface area contributed by atoms with E-state index in [0.717, 1.165) is 12.0 Å². The molecule has 2 aromatic rings. The zero-order chi connectivity index (χ0) is 17.7. The smallest absolute Gasteiger partial charge is 0.266 e. The summed E-state index contributed by atoms with van der Waals surface area (Å²) in [5.74, 6) is 0.130. The number of fused-ring (bicyclic) bond motifs is 1. The highest BCUT2D eigenvalue weighted by Gasteiger charge is 2.31. The van der Waals surface area contributed by atoms with Crippen molar-refractivity contribution in [3.8, 4) is 11.5 Å². The van der Waals surface area contributed by atoms with E-state index in [1.165, 1.54) is 19.2 Å². The van der Waals surface area contributed by atoms with E-state index in [0.29, 0.717) is 5.75 Å². The highest BCUT2D eigenvalue weighted by atomic mass is 32.2. The summed E-state index contributed by atoms with van der Waals surface area (Å²) in [4.78, 5) is 11.1. The van der Waals surface area contributed by atoms with E-state index >= 15 is 0 Å². The van der Waals surface area contributed by atoms with Crippen LogP contribution in [0.15, 0.2) is 60.0 Å². The van der Waals surface area contributed by atoms with Crippen LogP contribution in [0, 0.1) is 0 Å². The van der Waals surface area contributed by atoms with Crippen LogP contribution in [0.3, 0.4) is 0 Å². The Balaban J connectivity index is 0.000000174. The molecule has 1 aliphatic heterocycles. The fraction of sp³-hybridized carbons (Fsp3) is 0.118. The molecule has 1 aliphatic rings. The van der Waals surface area contributed by atoms with E-state index in [-0.39, 0.29) is 16.2 Å². The highest BCUT2D eigenvalue weighted by Crippen LogP contribution is 2.26. The summed E-state index contributed by atoms with van der Waals surface area (Å²) in [6.45, 7) is 3.63. The van der Waals surface area contributed by atoms with Gasteiger partial charge in [0.1, 0.15) is 4.90 Å². The van der Waals surface area contributed by atoms with Gasteiger partial charge in [-0.15, -0.1) is 6.58 Å². The summed E-state index contributed by atoms with van der Waals surface area (Å²) in [7, 11) is -2.02. The van der Waals surface area contributed by atoms with Crippen LogP contribution in [0.5, 0.6) is 11.5 Å². The second-order valence-electron chi connectivity index (χ2n) is 4.93. The molecule has 3 rings (SSSR count). The van der Waals surface area contributed by atoms with Crippen LogP contribution in [-0.2, 0) is 16.4 Å². The van der Waals surface area contributed by atoms with Crippen molar-refractivity contribution in [2.24, 2.45) is 0 Å². The minimum Gasteiger partial charge on any atom is -0.504 e. The molecule has 7 heteroatoms. The van der Waals surface area contributed by atoms with Crippen LogP contribution in [0.25, 0.3) is 0 Å². The van der Waals surface area contributed by atoms with Gasteiger partial charge >= 0.3 is 0 Å². The topological polar surface area (TPSA) is 92.7 Å². The minimum atomic E-state index is -3.55. The third-order valence-electron chi connectivity index (χ3n) is 3.27. The number of nitrogens with one attached hydrogen (secondary N) is 1. The lowest BCUT2D eigenvalue weighted by atomic mass is 10.1. The molecule has 0 saturated heterocycles. The quantitative estimate of drug-likeness (QED) is 0.831. The van der Waals surface area contributed by atoms with Gasteiger partial charge in [-0.05, 0) is 36.2 Å². The summed E-state index contributed by atoms with van der Waals surface area (Å²) in [5, 5.41) is 9.25. The molecule has 0 fully saturated rings. The second kappa shape index (κ2) is 7.18. The van der Waals surface area contributed by atoms with Gasteiger partial charge in [-0.3, -0.25) is 4.79 Å². The van der Waals surface area contributed by atoms with Gasteiger partial charge in [-0.1, -0.05) is 24.3 Å². The molecule has 0 aromatic heterocycles. The van der Waals surface area contributed by atoms with Crippen molar-refractivity contribution in [1.29, 1.82) is 0 Å². The van der Waals surface area contributed by atoms with Crippen molar-refractivity contribution in [3.05, 3.63) is 66.2 Å². The van der Waals surface area contributed by atoms with Crippen LogP contribution in [-0.4, -0.2) is 26.5 Å². The number of amides is 1. The first-order valence-corrected chi connectivity index (χ1v) is 8.50. The summed E-state index contributed by atoms with van der Waals surface area (Å²) >= 11 is 0. The molecule has 0 aliphatic carbocycles. The number of phenols is 1. The van der Waals surface area contributed by atoms with Crippen molar-refractivity contribution in [3.63, 3.8) is 0 Å². The van der Waals surface area contributed by atoms with E-state index in [9.17, 15) is 18.3 Å². The molecule has 0 spiro atoms. The van der Waals surface area contributed by atoms with Crippen LogP contribution in [0.2, 0.25) is 0 Å². The summed E-state index contributed by atoms with van der Waals surface area (Å²) < 4.78 is 29.1. The summed E-state index contributed by atoms with van der Waals surface area (Å²) in [6.07, 6.45) is 2.60. The maximum Gasteiger partial charge on any atom is 0.266 e. The zero-order valence-corrected chi connectivity index (χ0v) is 13.8. The monoisotopic (exact) mass is 347 g/mol. The van der Waals surface area contributed by atoms with E-state index in [4.69, 9.17) is 4.74 Å². The number of carbonyl (C=O) groups is 1. The van der Waals surface area contributed by atoms with Crippen molar-refractivity contribution in [1.82, 2.24) is 4.72 Å². The Labute approximate surface area is 140 Å². The number of phenolic OH excluding ortho intramolecular Hbond substituents is 1. The van der Waals surface area contributed by atoms with Gasteiger partial charge in [0.2, 0.25) is 0 Å². The predicted molar refractivity (Wildman–Crippen MR) is 89.7 cm³/mol. The van der Waals surface area contributed by atoms with Gasteiger partial charge in [0, 0.05) is 0 Å². The molecule has 24 heavy (non-hydrogen) atoms. The first-order valence-electron chi connectivity index (χ1n) is 7.02. The molecule has 1 amide bonds. The number of aromatic hydroxyl groups is 1. The number of hydrogen-bond donors (Lipinski definition) is 2. The first-order chi connectivity index (χ1) is 11.4. The van der Waals surface area contributed by atoms with Crippen molar-refractivity contribution in [2.75, 3.05) is 7.11 Å². The number of allylic oxidation sites excluding steroid dienone is 1. The Hall–Kier alpha value is -2.80. The normalized spacial score (nSPS) is 14.0. The lowest BCUT2D eigenvalue weighted by Crippen LogP contribution is -2.20. The van der Waals surface area contributed by atoms with Crippen LogP contribution in [0.4, 0.5) is 0 Å². The Morgan fingerprint density at radius 3 is 2.58 bits per heavy atom. The molecule has 0 saturated carbocycles. The number of carbonyl (C=O) groups excluding carboxylic acids is 1. The Kier molecular flexibility index (Phi) is 5.25. The average Bonchev–Trinajstić information content (AvgIpc) is 2.80. The van der Waals surface area contributed by atoms with Gasteiger partial charge in [0.25, 0.3) is 15.9 Å². The molecule has 0 bridgehead atoms. The molecule has 2 aromatic carbocycles. The average molecular weight is 347 g/mol. The molecule has 0 radical (unpaired) electrons. The number of rotatable bonds is 3. The number of sulfonamides is 1. The molecule has 0 unspecified atom stereocenters. The fourth-order valence-electron chi connectivity index (χ4n) is 2.14. The van der Waals surface area contributed by atoms with Gasteiger partial charge in [0.05, 0.1) is 12.7 Å². The van der Waals surface area contributed by atoms with Crippen molar-refractivity contribution >= 4 is 15.9 Å².